The minimum absolute atomic E-state index is 0.0742. The van der Waals surface area contributed by atoms with Crippen molar-refractivity contribution in [2.45, 2.75) is 64.4 Å². The van der Waals surface area contributed by atoms with Crippen LogP contribution in [0.2, 0.25) is 0 Å². The molecule has 33 heavy (non-hydrogen) atoms. The first-order valence-corrected chi connectivity index (χ1v) is 11.6. The van der Waals surface area contributed by atoms with E-state index in [1.165, 1.54) is 0 Å². The second kappa shape index (κ2) is 9.49. The molecule has 2 aromatic carbocycles. The standard InChI is InChI=1S/C26H34BNO5/c1-25(2)26(3,4)33-27(32-25)21-11-12-23(31-18-19-9-7-6-8-10-19)20(15-21)16-24(29)28-14-13-22(17-28)30-5/h6-12,15,22H,13-14,16-18H2,1-5H3. The van der Waals surface area contributed by atoms with Crippen LogP contribution < -0.4 is 10.2 Å². The largest absolute Gasteiger partial charge is 0.494 e. The summed E-state index contributed by atoms with van der Waals surface area (Å²) >= 11 is 0. The van der Waals surface area contributed by atoms with Gasteiger partial charge in [-0.3, -0.25) is 4.79 Å². The first kappa shape index (κ1) is 23.8. The van der Waals surface area contributed by atoms with Crippen LogP contribution in [0.1, 0.15) is 45.2 Å². The van der Waals surface area contributed by atoms with E-state index in [-0.39, 0.29) is 18.4 Å². The van der Waals surface area contributed by atoms with Crippen LogP contribution >= 0.6 is 0 Å². The number of methoxy groups -OCH3 is 1. The maximum Gasteiger partial charge on any atom is 0.494 e. The second-order valence-electron chi connectivity index (χ2n) is 9.89. The summed E-state index contributed by atoms with van der Waals surface area (Å²) < 4.78 is 24.0. The van der Waals surface area contributed by atoms with Gasteiger partial charge in [0.05, 0.1) is 23.7 Å². The third kappa shape index (κ3) is 5.26. The molecule has 2 fully saturated rings. The van der Waals surface area contributed by atoms with Crippen molar-refractivity contribution in [3.05, 3.63) is 59.7 Å². The molecule has 7 heteroatoms. The number of benzene rings is 2. The number of hydrogen-bond donors (Lipinski definition) is 0. The average molecular weight is 451 g/mol. The highest BCUT2D eigenvalue weighted by Gasteiger charge is 2.51. The molecule has 6 nitrogen and oxygen atoms in total. The van der Waals surface area contributed by atoms with Gasteiger partial charge in [0.1, 0.15) is 12.4 Å². The van der Waals surface area contributed by atoms with Crippen LogP contribution in [-0.2, 0) is 31.9 Å². The van der Waals surface area contributed by atoms with Gasteiger partial charge in [-0.15, -0.1) is 0 Å². The number of nitrogens with zero attached hydrogens (tertiary/aromatic N) is 1. The van der Waals surface area contributed by atoms with Crippen LogP contribution in [0.4, 0.5) is 0 Å². The third-order valence-corrected chi connectivity index (χ3v) is 7.02. The molecule has 2 heterocycles. The molecule has 2 aliphatic rings. The first-order valence-electron chi connectivity index (χ1n) is 11.6. The van der Waals surface area contributed by atoms with Crippen molar-refractivity contribution in [2.24, 2.45) is 0 Å². The Labute approximate surface area is 197 Å². The third-order valence-electron chi connectivity index (χ3n) is 7.02. The summed E-state index contributed by atoms with van der Waals surface area (Å²) in [6.45, 7) is 9.93. The van der Waals surface area contributed by atoms with Gasteiger partial charge >= 0.3 is 7.12 Å². The van der Waals surface area contributed by atoms with E-state index < -0.39 is 18.3 Å². The molecule has 1 amide bonds. The van der Waals surface area contributed by atoms with Crippen molar-refractivity contribution in [2.75, 3.05) is 20.2 Å². The van der Waals surface area contributed by atoms with E-state index in [0.717, 1.165) is 23.0 Å². The molecule has 1 unspecified atom stereocenters. The Morgan fingerprint density at radius 3 is 2.42 bits per heavy atom. The van der Waals surface area contributed by atoms with E-state index in [9.17, 15) is 4.79 Å². The lowest BCUT2D eigenvalue weighted by Crippen LogP contribution is -2.41. The quantitative estimate of drug-likeness (QED) is 0.605. The molecular weight excluding hydrogens is 417 g/mol. The molecule has 0 N–H and O–H groups in total. The van der Waals surface area contributed by atoms with Crippen molar-refractivity contribution in [3.8, 4) is 5.75 Å². The van der Waals surface area contributed by atoms with Crippen LogP contribution in [0.25, 0.3) is 0 Å². The number of rotatable bonds is 7. The summed E-state index contributed by atoms with van der Waals surface area (Å²) in [4.78, 5) is 15.0. The Morgan fingerprint density at radius 2 is 1.79 bits per heavy atom. The van der Waals surface area contributed by atoms with E-state index in [1.807, 2.05) is 81.1 Å². The lowest BCUT2D eigenvalue weighted by Gasteiger charge is -2.32. The number of hydrogen-bond acceptors (Lipinski definition) is 5. The van der Waals surface area contributed by atoms with Crippen LogP contribution in [0, 0.1) is 0 Å². The van der Waals surface area contributed by atoms with Gasteiger partial charge in [0.15, 0.2) is 0 Å². The van der Waals surface area contributed by atoms with Crippen LogP contribution in [-0.4, -0.2) is 55.4 Å². The molecule has 0 radical (unpaired) electrons. The van der Waals surface area contributed by atoms with E-state index in [2.05, 4.69) is 0 Å². The van der Waals surface area contributed by atoms with Gasteiger partial charge in [-0.1, -0.05) is 42.5 Å². The van der Waals surface area contributed by atoms with Crippen molar-refractivity contribution in [3.63, 3.8) is 0 Å². The Morgan fingerprint density at radius 1 is 1.09 bits per heavy atom. The zero-order valence-electron chi connectivity index (χ0n) is 20.3. The molecule has 2 saturated heterocycles. The molecular formula is C26H34BNO5. The van der Waals surface area contributed by atoms with Crippen LogP contribution in [0.3, 0.4) is 0 Å². The average Bonchev–Trinajstić information content (AvgIpc) is 3.35. The predicted molar refractivity (Wildman–Crippen MR) is 129 cm³/mol. The molecule has 0 saturated carbocycles. The molecule has 176 valence electrons. The van der Waals surface area contributed by atoms with Gasteiger partial charge in [-0.2, -0.15) is 0 Å². The van der Waals surface area contributed by atoms with E-state index in [4.69, 9.17) is 18.8 Å². The van der Waals surface area contributed by atoms with Gasteiger partial charge in [0.25, 0.3) is 0 Å². The normalized spacial score (nSPS) is 21.4. The highest BCUT2D eigenvalue weighted by Crippen LogP contribution is 2.36. The van der Waals surface area contributed by atoms with E-state index >= 15 is 0 Å². The minimum Gasteiger partial charge on any atom is -0.489 e. The van der Waals surface area contributed by atoms with Crippen molar-refractivity contribution < 1.29 is 23.6 Å². The van der Waals surface area contributed by atoms with Crippen molar-refractivity contribution >= 4 is 18.5 Å². The van der Waals surface area contributed by atoms with Crippen molar-refractivity contribution in [1.29, 1.82) is 0 Å². The van der Waals surface area contributed by atoms with Gasteiger partial charge in [-0.05, 0) is 51.2 Å². The topological polar surface area (TPSA) is 57.2 Å². The Balaban J connectivity index is 1.56. The summed E-state index contributed by atoms with van der Waals surface area (Å²) in [5.74, 6) is 0.778. The summed E-state index contributed by atoms with van der Waals surface area (Å²) in [7, 11) is 1.21. The number of carbonyl (C=O) groups is 1. The minimum atomic E-state index is -0.489. The molecule has 4 rings (SSSR count). The molecule has 0 bridgehead atoms. The maximum absolute atomic E-state index is 13.1. The predicted octanol–water partition coefficient (Wildman–Crippen LogP) is 3.35. The fourth-order valence-corrected chi connectivity index (χ4v) is 4.16. The van der Waals surface area contributed by atoms with Crippen LogP contribution in [0.5, 0.6) is 5.75 Å². The molecule has 0 aromatic heterocycles. The summed E-state index contributed by atoms with van der Waals surface area (Å²) in [6.07, 6.45) is 1.24. The molecule has 2 aromatic rings. The maximum atomic E-state index is 13.1. The van der Waals surface area contributed by atoms with Gasteiger partial charge < -0.3 is 23.7 Å². The number of carbonyl (C=O) groups excluding carboxylic acids is 1. The summed E-state index contributed by atoms with van der Waals surface area (Å²) in [6, 6.07) is 15.9. The first-order chi connectivity index (χ1) is 15.7. The summed E-state index contributed by atoms with van der Waals surface area (Å²) in [5.41, 5.74) is 1.94. The highest BCUT2D eigenvalue weighted by molar-refractivity contribution is 6.62. The lowest BCUT2D eigenvalue weighted by molar-refractivity contribution is -0.129. The fraction of sp³-hybridized carbons (Fsp3) is 0.500. The highest BCUT2D eigenvalue weighted by atomic mass is 16.7. The molecule has 1 atom stereocenters. The number of ether oxygens (including phenoxy) is 2. The van der Waals surface area contributed by atoms with Gasteiger partial charge in [0, 0.05) is 25.8 Å². The Hall–Kier alpha value is -2.35. The molecule has 2 aliphatic heterocycles. The molecule has 0 aliphatic carbocycles. The lowest BCUT2D eigenvalue weighted by atomic mass is 9.78. The van der Waals surface area contributed by atoms with Crippen molar-refractivity contribution in [1.82, 2.24) is 4.90 Å². The van der Waals surface area contributed by atoms with Crippen LogP contribution in [0.15, 0.2) is 48.5 Å². The van der Waals surface area contributed by atoms with Gasteiger partial charge in [0.2, 0.25) is 5.91 Å². The summed E-state index contributed by atoms with van der Waals surface area (Å²) in [5, 5.41) is 0. The zero-order valence-corrected chi connectivity index (χ0v) is 20.3. The smallest absolute Gasteiger partial charge is 0.489 e. The van der Waals surface area contributed by atoms with E-state index in [1.54, 1.807) is 7.11 Å². The fourth-order valence-electron chi connectivity index (χ4n) is 4.16. The van der Waals surface area contributed by atoms with E-state index in [0.29, 0.717) is 25.4 Å². The van der Waals surface area contributed by atoms with Gasteiger partial charge in [-0.25, -0.2) is 0 Å². The monoisotopic (exact) mass is 451 g/mol. The second-order valence-corrected chi connectivity index (χ2v) is 9.89. The zero-order chi connectivity index (χ0) is 23.6. The Kier molecular flexibility index (Phi) is 6.84. The Bertz CT molecular complexity index is 962. The number of amides is 1. The SMILES string of the molecule is COC1CCN(C(=O)Cc2cc(B3OC(C)(C)C(C)(C)O3)ccc2OCc2ccccc2)C1. The molecule has 0 spiro atoms. The number of likely N-dealkylation sites (tertiary alicyclic amines) is 1.